The van der Waals surface area contributed by atoms with Crippen molar-refractivity contribution < 1.29 is 9.59 Å². The van der Waals surface area contributed by atoms with Gasteiger partial charge in [0.2, 0.25) is 11.8 Å². The first-order valence-corrected chi connectivity index (χ1v) is 12.7. The van der Waals surface area contributed by atoms with Crippen molar-refractivity contribution in [3.63, 3.8) is 0 Å². The predicted octanol–water partition coefficient (Wildman–Crippen LogP) is 5.60. The van der Waals surface area contributed by atoms with Crippen LogP contribution in [0.4, 0.5) is 0 Å². The Balaban J connectivity index is 1.45. The van der Waals surface area contributed by atoms with Crippen LogP contribution in [0.1, 0.15) is 49.3 Å². The van der Waals surface area contributed by atoms with E-state index in [0.717, 1.165) is 24.1 Å². The zero-order valence-corrected chi connectivity index (χ0v) is 20.8. The SMILES string of the molecule is C=C(/C=C\C=C/C)CCC(=O)N1CCC(C(=O)N2CCc3ccccc3C2)(c2ccccc2)CC1. The van der Waals surface area contributed by atoms with E-state index >= 15 is 0 Å². The smallest absolute Gasteiger partial charge is 0.233 e. The molecule has 2 aliphatic rings. The van der Waals surface area contributed by atoms with E-state index in [1.54, 1.807) is 0 Å². The predicted molar refractivity (Wildman–Crippen MR) is 142 cm³/mol. The Morgan fingerprint density at radius 3 is 2.29 bits per heavy atom. The lowest BCUT2D eigenvalue weighted by atomic mass is 9.71. The van der Waals surface area contributed by atoms with E-state index in [2.05, 4.69) is 43.0 Å². The number of hydrogen-bond acceptors (Lipinski definition) is 2. The Bertz CT molecular complexity index is 1110. The molecule has 4 rings (SSSR count). The van der Waals surface area contributed by atoms with Gasteiger partial charge >= 0.3 is 0 Å². The molecule has 4 nitrogen and oxygen atoms in total. The summed E-state index contributed by atoms with van der Waals surface area (Å²) in [5, 5.41) is 0. The highest BCUT2D eigenvalue weighted by atomic mass is 16.2. The molecule has 2 heterocycles. The summed E-state index contributed by atoms with van der Waals surface area (Å²) in [6.07, 6.45) is 11.1. The molecule has 2 aromatic carbocycles. The van der Waals surface area contributed by atoms with Gasteiger partial charge in [-0.05, 0) is 49.3 Å². The molecule has 0 radical (unpaired) electrons. The molecule has 1 fully saturated rings. The quantitative estimate of drug-likeness (QED) is 0.496. The van der Waals surface area contributed by atoms with Crippen LogP contribution >= 0.6 is 0 Å². The van der Waals surface area contributed by atoms with Crippen molar-refractivity contribution in [1.29, 1.82) is 0 Å². The second-order valence-electron chi connectivity index (χ2n) is 9.62. The van der Waals surface area contributed by atoms with Gasteiger partial charge in [-0.25, -0.2) is 0 Å². The molecule has 1 saturated heterocycles. The number of benzene rings is 2. The van der Waals surface area contributed by atoms with E-state index in [4.69, 9.17) is 0 Å². The minimum atomic E-state index is -0.580. The summed E-state index contributed by atoms with van der Waals surface area (Å²) in [5.74, 6) is 0.347. The Morgan fingerprint density at radius 1 is 0.886 bits per heavy atom. The highest BCUT2D eigenvalue weighted by Crippen LogP contribution is 2.39. The summed E-state index contributed by atoms with van der Waals surface area (Å²) in [4.78, 5) is 31.0. The zero-order chi connectivity index (χ0) is 24.7. The summed E-state index contributed by atoms with van der Waals surface area (Å²) in [6.45, 7) is 8.64. The molecular formula is C31H36N2O2. The first-order valence-electron chi connectivity index (χ1n) is 12.7. The lowest BCUT2D eigenvalue weighted by Gasteiger charge is -2.44. The highest BCUT2D eigenvalue weighted by molar-refractivity contribution is 5.89. The largest absolute Gasteiger partial charge is 0.343 e. The van der Waals surface area contributed by atoms with E-state index in [1.165, 1.54) is 11.1 Å². The maximum absolute atomic E-state index is 14.1. The minimum absolute atomic E-state index is 0.145. The van der Waals surface area contributed by atoms with Crippen LogP contribution in [0.3, 0.4) is 0 Å². The van der Waals surface area contributed by atoms with Gasteiger partial charge in [-0.2, -0.15) is 0 Å². The van der Waals surface area contributed by atoms with E-state index in [-0.39, 0.29) is 11.8 Å². The van der Waals surface area contributed by atoms with Crippen LogP contribution in [-0.4, -0.2) is 41.2 Å². The third kappa shape index (κ3) is 5.64. The Morgan fingerprint density at radius 2 is 1.57 bits per heavy atom. The maximum Gasteiger partial charge on any atom is 0.233 e. The summed E-state index contributed by atoms with van der Waals surface area (Å²) in [6, 6.07) is 18.6. The van der Waals surface area contributed by atoms with Gasteiger partial charge < -0.3 is 9.80 Å². The number of hydrogen-bond donors (Lipinski definition) is 0. The van der Waals surface area contributed by atoms with Crippen LogP contribution in [0.2, 0.25) is 0 Å². The van der Waals surface area contributed by atoms with E-state index in [1.807, 2.05) is 59.2 Å². The first kappa shape index (κ1) is 24.7. The highest BCUT2D eigenvalue weighted by Gasteiger charge is 2.46. The van der Waals surface area contributed by atoms with Crippen molar-refractivity contribution in [2.75, 3.05) is 19.6 Å². The van der Waals surface area contributed by atoms with Gasteiger partial charge in [0.25, 0.3) is 0 Å². The second kappa shape index (κ2) is 11.4. The number of nitrogens with zero attached hydrogens (tertiary/aromatic N) is 2. The number of carbonyl (C=O) groups excluding carboxylic acids is 2. The first-order chi connectivity index (χ1) is 17.0. The third-order valence-corrected chi connectivity index (χ3v) is 7.42. The van der Waals surface area contributed by atoms with E-state index in [9.17, 15) is 9.59 Å². The van der Waals surface area contributed by atoms with Crippen molar-refractivity contribution in [1.82, 2.24) is 9.80 Å². The summed E-state index contributed by atoms with van der Waals surface area (Å²) < 4.78 is 0. The van der Waals surface area contributed by atoms with Crippen LogP contribution < -0.4 is 0 Å². The molecule has 35 heavy (non-hydrogen) atoms. The number of carbonyl (C=O) groups is 2. The molecule has 182 valence electrons. The molecule has 2 aliphatic heterocycles. The summed E-state index contributed by atoms with van der Waals surface area (Å²) >= 11 is 0. The molecule has 2 amide bonds. The van der Waals surface area contributed by atoms with Crippen molar-refractivity contribution >= 4 is 11.8 Å². The zero-order valence-electron chi connectivity index (χ0n) is 20.8. The molecule has 0 bridgehead atoms. The lowest BCUT2D eigenvalue weighted by molar-refractivity contribution is -0.143. The molecular weight excluding hydrogens is 432 g/mol. The van der Waals surface area contributed by atoms with Crippen LogP contribution in [0.15, 0.2) is 91.1 Å². The molecule has 0 aliphatic carbocycles. The topological polar surface area (TPSA) is 40.6 Å². The lowest BCUT2D eigenvalue weighted by Crippen LogP contribution is -2.54. The van der Waals surface area contributed by atoms with Crippen molar-refractivity contribution in [2.45, 2.75) is 51.0 Å². The second-order valence-corrected chi connectivity index (χ2v) is 9.62. The summed E-state index contributed by atoms with van der Waals surface area (Å²) in [5.41, 5.74) is 4.02. The van der Waals surface area contributed by atoms with Gasteiger partial charge in [-0.3, -0.25) is 9.59 Å². The van der Waals surface area contributed by atoms with Crippen molar-refractivity contribution in [3.8, 4) is 0 Å². The molecule has 0 saturated carbocycles. The monoisotopic (exact) mass is 468 g/mol. The number of piperidine rings is 1. The van der Waals surface area contributed by atoms with Crippen molar-refractivity contribution in [2.24, 2.45) is 0 Å². The van der Waals surface area contributed by atoms with E-state index < -0.39 is 5.41 Å². The number of rotatable bonds is 7. The standard InChI is InChI=1S/C31H36N2O2/c1-3-4-6-11-25(2)16-17-29(34)32-22-19-31(20-23-32,28-14-7-5-8-15-28)30(35)33-21-18-26-12-9-10-13-27(26)24-33/h3-15H,2,16-24H2,1H3/b4-3-,11-6-. The third-order valence-electron chi connectivity index (χ3n) is 7.42. The fourth-order valence-electron chi connectivity index (χ4n) is 5.30. The number of likely N-dealkylation sites (tertiary alicyclic amines) is 1. The molecule has 0 N–H and O–H groups in total. The molecule has 0 spiro atoms. The minimum Gasteiger partial charge on any atom is -0.343 e. The van der Waals surface area contributed by atoms with Gasteiger partial charge in [-0.15, -0.1) is 0 Å². The maximum atomic E-state index is 14.1. The van der Waals surface area contributed by atoms with Gasteiger partial charge in [0.1, 0.15) is 0 Å². The van der Waals surface area contributed by atoms with Crippen LogP contribution in [0, 0.1) is 0 Å². The van der Waals surface area contributed by atoms with Crippen LogP contribution in [0.5, 0.6) is 0 Å². The van der Waals surface area contributed by atoms with Gasteiger partial charge in [-0.1, -0.05) is 91.1 Å². The fourth-order valence-corrected chi connectivity index (χ4v) is 5.30. The average molecular weight is 469 g/mol. The number of allylic oxidation sites excluding steroid dienone is 5. The molecule has 2 aromatic rings. The summed E-state index contributed by atoms with van der Waals surface area (Å²) in [7, 11) is 0. The Hall–Kier alpha value is -3.40. The van der Waals surface area contributed by atoms with Crippen LogP contribution in [-0.2, 0) is 28.0 Å². The van der Waals surface area contributed by atoms with Crippen LogP contribution in [0.25, 0.3) is 0 Å². The molecule has 0 atom stereocenters. The molecule has 0 unspecified atom stereocenters. The van der Waals surface area contributed by atoms with E-state index in [0.29, 0.717) is 45.3 Å². The van der Waals surface area contributed by atoms with Gasteiger partial charge in [0.05, 0.1) is 5.41 Å². The molecule has 4 heteroatoms. The molecule has 0 aromatic heterocycles. The van der Waals surface area contributed by atoms with Crippen molar-refractivity contribution in [3.05, 3.63) is 108 Å². The fraction of sp³-hybridized carbons (Fsp3) is 0.355. The van der Waals surface area contributed by atoms with Gasteiger partial charge in [0, 0.05) is 32.6 Å². The Labute approximate surface area is 209 Å². The number of fused-ring (bicyclic) bond motifs is 1. The average Bonchev–Trinajstić information content (AvgIpc) is 2.91. The van der Waals surface area contributed by atoms with Gasteiger partial charge in [0.15, 0.2) is 0 Å². The normalized spacial score (nSPS) is 17.5. The Kier molecular flexibility index (Phi) is 8.02. The number of amides is 2.